The number of hydrogen-bond acceptors (Lipinski definition) is 3. The molecule has 0 saturated carbocycles. The van der Waals surface area contributed by atoms with E-state index in [1.807, 2.05) is 68.0 Å². The second-order valence-electron chi connectivity index (χ2n) is 7.17. The van der Waals surface area contributed by atoms with Gasteiger partial charge in [-0.1, -0.05) is 30.3 Å². The highest BCUT2D eigenvalue weighted by atomic mass is 16.2. The molecule has 25 heavy (non-hydrogen) atoms. The van der Waals surface area contributed by atoms with Crippen molar-refractivity contribution in [3.05, 3.63) is 52.8 Å². The van der Waals surface area contributed by atoms with Crippen LogP contribution in [0.5, 0.6) is 0 Å². The van der Waals surface area contributed by atoms with Crippen LogP contribution < -0.4 is 0 Å². The highest BCUT2D eigenvalue weighted by Gasteiger charge is 2.37. The van der Waals surface area contributed by atoms with E-state index in [0.717, 1.165) is 36.3 Å². The molecule has 0 unspecified atom stereocenters. The number of carbonyl (C=O) groups excluding carboxylic acids is 1. The summed E-state index contributed by atoms with van der Waals surface area (Å²) in [6.45, 7) is 4.95. The first-order valence-corrected chi connectivity index (χ1v) is 8.93. The zero-order valence-electron chi connectivity index (χ0n) is 15.9. The number of hydrogen-bond donors (Lipinski definition) is 0. The minimum absolute atomic E-state index is 0.132. The lowest BCUT2D eigenvalue weighted by Gasteiger charge is -2.32. The van der Waals surface area contributed by atoms with Gasteiger partial charge in [-0.2, -0.15) is 5.10 Å². The number of likely N-dealkylation sites (tertiary alicyclic amines) is 1. The molecule has 1 aliphatic heterocycles. The van der Waals surface area contributed by atoms with E-state index in [-0.39, 0.29) is 18.0 Å². The van der Waals surface area contributed by atoms with Gasteiger partial charge in [-0.25, -0.2) is 0 Å². The number of aromatic nitrogens is 2. The van der Waals surface area contributed by atoms with Gasteiger partial charge in [-0.15, -0.1) is 0 Å². The largest absolute Gasteiger partial charge is 0.334 e. The second-order valence-corrected chi connectivity index (χ2v) is 7.17. The minimum Gasteiger partial charge on any atom is -0.334 e. The Morgan fingerprint density at radius 2 is 1.92 bits per heavy atom. The fraction of sp³-hybridized carbons (Fsp3) is 0.500. The summed E-state index contributed by atoms with van der Waals surface area (Å²) in [7, 11) is 5.92. The van der Waals surface area contributed by atoms with Crippen LogP contribution in [-0.2, 0) is 11.8 Å². The second kappa shape index (κ2) is 7.00. The Labute approximate surface area is 150 Å². The molecule has 0 aliphatic carbocycles. The number of carbonyl (C=O) groups is 1. The molecule has 2 aromatic rings. The summed E-state index contributed by atoms with van der Waals surface area (Å²) >= 11 is 0. The third-order valence-corrected chi connectivity index (χ3v) is 5.30. The number of benzene rings is 1. The van der Waals surface area contributed by atoms with Crippen molar-refractivity contribution in [2.45, 2.75) is 38.8 Å². The Bertz CT molecular complexity index is 751. The lowest BCUT2D eigenvalue weighted by molar-refractivity contribution is -0.137. The molecule has 0 spiro atoms. The van der Waals surface area contributed by atoms with Gasteiger partial charge in [0.15, 0.2) is 0 Å². The van der Waals surface area contributed by atoms with Gasteiger partial charge in [-0.05, 0) is 46.3 Å². The van der Waals surface area contributed by atoms with Gasteiger partial charge >= 0.3 is 0 Å². The Kier molecular flexibility index (Phi) is 4.95. The van der Waals surface area contributed by atoms with Crippen LogP contribution in [0.3, 0.4) is 0 Å². The Morgan fingerprint density at radius 1 is 1.24 bits per heavy atom. The third-order valence-electron chi connectivity index (χ3n) is 5.30. The summed E-state index contributed by atoms with van der Waals surface area (Å²) in [5, 5.41) is 4.56. The number of likely N-dealkylation sites (N-methyl/N-ethyl adjacent to an activating group) is 1. The monoisotopic (exact) mass is 340 g/mol. The first-order valence-electron chi connectivity index (χ1n) is 8.93. The molecule has 1 saturated heterocycles. The molecule has 5 heteroatoms. The molecule has 1 amide bonds. The fourth-order valence-electron chi connectivity index (χ4n) is 4.06. The Hall–Kier alpha value is -2.14. The molecule has 3 rings (SSSR count). The van der Waals surface area contributed by atoms with Crippen LogP contribution in [0.15, 0.2) is 30.3 Å². The van der Waals surface area contributed by atoms with E-state index in [2.05, 4.69) is 16.9 Å². The SMILES string of the molecule is Cc1nn(C)c(C)c1[C@@H]1CCCN1C(=O)[C@H](c1ccccc1)N(C)C. The summed E-state index contributed by atoms with van der Waals surface area (Å²) in [6.07, 6.45) is 2.05. The van der Waals surface area contributed by atoms with Gasteiger partial charge in [0.05, 0.1) is 11.7 Å². The first kappa shape index (κ1) is 17.7. The molecule has 0 radical (unpaired) electrons. The predicted octanol–water partition coefficient (Wildman–Crippen LogP) is 3.00. The fourth-order valence-corrected chi connectivity index (χ4v) is 4.06. The maximum atomic E-state index is 13.5. The van der Waals surface area contributed by atoms with Crippen molar-refractivity contribution < 1.29 is 4.79 Å². The normalized spacial score (nSPS) is 18.8. The minimum atomic E-state index is -0.251. The number of aryl methyl sites for hydroxylation is 2. The van der Waals surface area contributed by atoms with Crippen LogP contribution in [0.25, 0.3) is 0 Å². The topological polar surface area (TPSA) is 41.4 Å². The average molecular weight is 340 g/mol. The molecular formula is C20H28N4O. The zero-order chi connectivity index (χ0) is 18.1. The molecule has 2 atom stereocenters. The number of rotatable bonds is 4. The zero-order valence-corrected chi connectivity index (χ0v) is 15.9. The summed E-state index contributed by atoms with van der Waals surface area (Å²) in [5.41, 5.74) is 4.45. The van der Waals surface area contributed by atoms with Crippen LogP contribution in [0.4, 0.5) is 0 Å². The van der Waals surface area contributed by atoms with Gasteiger partial charge in [0.2, 0.25) is 5.91 Å². The highest BCUT2D eigenvalue weighted by Crippen LogP contribution is 2.37. The third kappa shape index (κ3) is 3.21. The molecule has 0 N–H and O–H groups in total. The van der Waals surface area contributed by atoms with E-state index in [1.54, 1.807) is 0 Å². The van der Waals surface area contributed by atoms with E-state index in [0.29, 0.717) is 0 Å². The molecule has 1 fully saturated rings. The maximum absolute atomic E-state index is 13.5. The van der Waals surface area contributed by atoms with E-state index >= 15 is 0 Å². The molecule has 1 aromatic heterocycles. The van der Waals surface area contributed by atoms with Gasteiger partial charge in [0.25, 0.3) is 0 Å². The molecule has 1 aliphatic rings. The molecule has 134 valence electrons. The number of nitrogens with zero attached hydrogens (tertiary/aromatic N) is 4. The summed E-state index contributed by atoms with van der Waals surface area (Å²) in [4.78, 5) is 17.5. The van der Waals surface area contributed by atoms with Crippen molar-refractivity contribution in [2.24, 2.45) is 7.05 Å². The lowest BCUT2D eigenvalue weighted by Crippen LogP contribution is -2.40. The van der Waals surface area contributed by atoms with Crippen LogP contribution in [0.1, 0.15) is 47.4 Å². The van der Waals surface area contributed by atoms with Crippen LogP contribution >= 0.6 is 0 Å². The summed E-state index contributed by atoms with van der Waals surface area (Å²) < 4.78 is 1.92. The quantitative estimate of drug-likeness (QED) is 0.859. The van der Waals surface area contributed by atoms with Crippen molar-refractivity contribution in [1.29, 1.82) is 0 Å². The van der Waals surface area contributed by atoms with Gasteiger partial charge in [0, 0.05) is 24.8 Å². The van der Waals surface area contributed by atoms with Gasteiger partial charge in [0.1, 0.15) is 6.04 Å². The smallest absolute Gasteiger partial charge is 0.245 e. The molecule has 1 aromatic carbocycles. The molecule has 0 bridgehead atoms. The van der Waals surface area contributed by atoms with Gasteiger partial charge in [-0.3, -0.25) is 14.4 Å². The maximum Gasteiger partial charge on any atom is 0.245 e. The van der Waals surface area contributed by atoms with Crippen molar-refractivity contribution in [2.75, 3.05) is 20.6 Å². The van der Waals surface area contributed by atoms with Gasteiger partial charge < -0.3 is 4.90 Å². The van der Waals surface area contributed by atoms with E-state index in [9.17, 15) is 4.79 Å². The summed E-state index contributed by atoms with van der Waals surface area (Å²) in [6, 6.07) is 9.93. The van der Waals surface area contributed by atoms with E-state index < -0.39 is 0 Å². The molecule has 2 heterocycles. The van der Waals surface area contributed by atoms with Crippen molar-refractivity contribution in [3.63, 3.8) is 0 Å². The lowest BCUT2D eigenvalue weighted by atomic mass is 10.00. The average Bonchev–Trinajstić information content (AvgIpc) is 3.13. The Morgan fingerprint density at radius 3 is 2.48 bits per heavy atom. The molecule has 5 nitrogen and oxygen atoms in total. The summed E-state index contributed by atoms with van der Waals surface area (Å²) in [5.74, 6) is 0.182. The number of amides is 1. The van der Waals surface area contributed by atoms with Crippen LogP contribution in [0, 0.1) is 13.8 Å². The first-order chi connectivity index (χ1) is 11.9. The van der Waals surface area contributed by atoms with Crippen molar-refractivity contribution >= 4 is 5.91 Å². The van der Waals surface area contributed by atoms with Crippen LogP contribution in [-0.4, -0.2) is 46.1 Å². The predicted molar refractivity (Wildman–Crippen MR) is 99.2 cm³/mol. The van der Waals surface area contributed by atoms with Crippen molar-refractivity contribution in [1.82, 2.24) is 19.6 Å². The van der Waals surface area contributed by atoms with Crippen LogP contribution in [0.2, 0.25) is 0 Å². The van der Waals surface area contributed by atoms with E-state index in [1.165, 1.54) is 5.56 Å². The highest BCUT2D eigenvalue weighted by molar-refractivity contribution is 5.84. The molecular weight excluding hydrogens is 312 g/mol. The Balaban J connectivity index is 1.94. The standard InChI is InChI=1S/C20H28N4O/c1-14-18(15(2)23(5)21-14)17-12-9-13-24(17)20(25)19(22(3)4)16-10-7-6-8-11-16/h6-8,10-11,17,19H,9,12-13H2,1-5H3/t17-,19-/m0/s1. The van der Waals surface area contributed by atoms with Crippen molar-refractivity contribution in [3.8, 4) is 0 Å². The van der Waals surface area contributed by atoms with E-state index in [4.69, 9.17) is 0 Å².